The Bertz CT molecular complexity index is 437. The molecular weight excluding hydrogens is 232 g/mol. The Morgan fingerprint density at radius 2 is 2.44 bits per heavy atom. The van der Waals surface area contributed by atoms with E-state index in [0.717, 1.165) is 31.4 Å². The monoisotopic (exact) mass is 250 g/mol. The van der Waals surface area contributed by atoms with Gasteiger partial charge in [-0.3, -0.25) is 4.79 Å². The summed E-state index contributed by atoms with van der Waals surface area (Å²) in [6.45, 7) is 0.814. The normalized spacial score (nSPS) is 31.1. The summed E-state index contributed by atoms with van der Waals surface area (Å²) in [5, 5.41) is 4.36. The van der Waals surface area contributed by atoms with Crippen LogP contribution in [0.1, 0.15) is 43.4 Å². The van der Waals surface area contributed by atoms with E-state index in [4.69, 9.17) is 9.47 Å². The van der Waals surface area contributed by atoms with Crippen LogP contribution in [-0.4, -0.2) is 29.5 Å². The zero-order valence-electron chi connectivity index (χ0n) is 10.5. The van der Waals surface area contributed by atoms with Gasteiger partial charge in [0.05, 0.1) is 19.2 Å². The second kappa shape index (κ2) is 4.72. The van der Waals surface area contributed by atoms with Crippen molar-refractivity contribution in [3.8, 4) is 0 Å². The fourth-order valence-corrected chi connectivity index (χ4v) is 2.61. The first-order valence-electron chi connectivity index (χ1n) is 6.53. The van der Waals surface area contributed by atoms with Crippen LogP contribution in [0.4, 0.5) is 0 Å². The van der Waals surface area contributed by atoms with E-state index in [0.29, 0.717) is 0 Å². The maximum atomic E-state index is 11.4. The summed E-state index contributed by atoms with van der Waals surface area (Å²) in [4.78, 5) is 11.4. The number of aromatic nitrogens is 2. The van der Waals surface area contributed by atoms with Crippen LogP contribution in [0.5, 0.6) is 0 Å². The molecule has 0 amide bonds. The van der Waals surface area contributed by atoms with Gasteiger partial charge in [0, 0.05) is 18.7 Å². The minimum atomic E-state index is -0.110. The van der Waals surface area contributed by atoms with E-state index in [2.05, 4.69) is 5.10 Å². The lowest BCUT2D eigenvalue weighted by Crippen LogP contribution is -2.18. The molecule has 1 saturated heterocycles. The first-order chi connectivity index (χ1) is 8.79. The summed E-state index contributed by atoms with van der Waals surface area (Å²) in [6.07, 6.45) is 8.17. The van der Waals surface area contributed by atoms with E-state index in [-0.39, 0.29) is 24.0 Å². The number of hydrogen-bond acceptors (Lipinski definition) is 4. The third kappa shape index (κ3) is 2.14. The topological polar surface area (TPSA) is 53.3 Å². The molecule has 1 aliphatic heterocycles. The first kappa shape index (κ1) is 11.7. The largest absolute Gasteiger partial charge is 0.469 e. The van der Waals surface area contributed by atoms with Crippen molar-refractivity contribution in [1.29, 1.82) is 0 Å². The molecule has 1 aromatic rings. The van der Waals surface area contributed by atoms with Crippen LogP contribution >= 0.6 is 0 Å². The van der Waals surface area contributed by atoms with Crippen molar-refractivity contribution in [2.75, 3.05) is 13.7 Å². The van der Waals surface area contributed by atoms with E-state index < -0.39 is 0 Å². The highest BCUT2D eigenvalue weighted by atomic mass is 16.5. The van der Waals surface area contributed by atoms with Gasteiger partial charge in [-0.1, -0.05) is 0 Å². The third-order valence-corrected chi connectivity index (χ3v) is 3.79. The molecule has 0 N–H and O–H groups in total. The average molecular weight is 250 g/mol. The number of methoxy groups -OCH3 is 1. The zero-order chi connectivity index (χ0) is 12.5. The number of nitrogens with zero attached hydrogens (tertiary/aromatic N) is 2. The molecule has 1 saturated carbocycles. The Kier molecular flexibility index (Phi) is 3.07. The van der Waals surface area contributed by atoms with Gasteiger partial charge >= 0.3 is 5.97 Å². The third-order valence-electron chi connectivity index (χ3n) is 3.79. The Balaban J connectivity index is 1.65. The standard InChI is InChI=1S/C13H18N2O3/c1-17-13(16)11-6-10(11)9-7-14-15(8-9)12-4-2-3-5-18-12/h7-8,10-12H,2-6H2,1H3/t10-,11+,12?/m0/s1. The van der Waals surface area contributed by atoms with Gasteiger partial charge in [0.2, 0.25) is 0 Å². The number of rotatable bonds is 3. The summed E-state index contributed by atoms with van der Waals surface area (Å²) < 4.78 is 12.3. The zero-order valence-corrected chi connectivity index (χ0v) is 10.5. The second-order valence-electron chi connectivity index (χ2n) is 5.05. The smallest absolute Gasteiger partial charge is 0.309 e. The highest BCUT2D eigenvalue weighted by Crippen LogP contribution is 2.48. The van der Waals surface area contributed by atoms with E-state index in [1.54, 1.807) is 0 Å². The molecule has 0 spiro atoms. The maximum absolute atomic E-state index is 11.4. The van der Waals surface area contributed by atoms with Crippen LogP contribution in [0.2, 0.25) is 0 Å². The Morgan fingerprint density at radius 3 is 3.17 bits per heavy atom. The van der Waals surface area contributed by atoms with Crippen molar-refractivity contribution in [2.24, 2.45) is 5.92 Å². The van der Waals surface area contributed by atoms with Crippen LogP contribution in [0.3, 0.4) is 0 Å². The van der Waals surface area contributed by atoms with Crippen molar-refractivity contribution in [3.05, 3.63) is 18.0 Å². The molecule has 18 heavy (non-hydrogen) atoms. The second-order valence-corrected chi connectivity index (χ2v) is 5.05. The molecule has 5 nitrogen and oxygen atoms in total. The lowest BCUT2D eigenvalue weighted by Gasteiger charge is -2.22. The molecule has 1 aliphatic carbocycles. The fraction of sp³-hybridized carbons (Fsp3) is 0.692. The number of carbonyl (C=O) groups excluding carboxylic acids is 1. The van der Waals surface area contributed by atoms with Crippen molar-refractivity contribution in [3.63, 3.8) is 0 Å². The summed E-state index contributed by atoms with van der Waals surface area (Å²) in [5.74, 6) is 0.205. The maximum Gasteiger partial charge on any atom is 0.309 e. The van der Waals surface area contributed by atoms with Crippen molar-refractivity contribution in [1.82, 2.24) is 9.78 Å². The summed E-state index contributed by atoms with van der Waals surface area (Å²) in [5.41, 5.74) is 1.12. The SMILES string of the molecule is COC(=O)[C@@H]1C[C@H]1c1cnn(C2CCCCO2)c1. The average Bonchev–Trinajstić information content (AvgIpc) is 3.08. The van der Waals surface area contributed by atoms with Gasteiger partial charge in [-0.2, -0.15) is 5.10 Å². The van der Waals surface area contributed by atoms with E-state index in [9.17, 15) is 4.79 Å². The molecule has 3 atom stereocenters. The van der Waals surface area contributed by atoms with E-state index in [1.807, 2.05) is 17.1 Å². The van der Waals surface area contributed by atoms with Crippen LogP contribution < -0.4 is 0 Å². The van der Waals surface area contributed by atoms with Crippen molar-refractivity contribution < 1.29 is 14.3 Å². The molecule has 0 aromatic carbocycles. The van der Waals surface area contributed by atoms with Crippen LogP contribution in [0.25, 0.3) is 0 Å². The summed E-state index contributed by atoms with van der Waals surface area (Å²) in [7, 11) is 1.44. The van der Waals surface area contributed by atoms with Gasteiger partial charge in [-0.15, -0.1) is 0 Å². The van der Waals surface area contributed by atoms with E-state index >= 15 is 0 Å². The predicted octanol–water partition coefficient (Wildman–Crippen LogP) is 1.86. The molecule has 0 radical (unpaired) electrons. The van der Waals surface area contributed by atoms with Gasteiger partial charge in [-0.25, -0.2) is 4.68 Å². The molecule has 5 heteroatoms. The fourth-order valence-electron chi connectivity index (χ4n) is 2.61. The molecular formula is C13H18N2O3. The number of ether oxygens (including phenoxy) is 2. The van der Waals surface area contributed by atoms with Gasteiger partial charge in [0.15, 0.2) is 0 Å². The molecule has 1 unspecified atom stereocenters. The van der Waals surface area contributed by atoms with Crippen molar-refractivity contribution in [2.45, 2.75) is 37.8 Å². The van der Waals surface area contributed by atoms with Gasteiger partial charge in [0.1, 0.15) is 6.23 Å². The quantitative estimate of drug-likeness (QED) is 0.768. The summed E-state index contributed by atoms with van der Waals surface area (Å²) in [6, 6.07) is 0. The molecule has 98 valence electrons. The number of esters is 1. The molecule has 1 aromatic heterocycles. The Labute approximate surface area is 106 Å². The van der Waals surface area contributed by atoms with Gasteiger partial charge < -0.3 is 9.47 Å². The lowest BCUT2D eigenvalue weighted by molar-refractivity contribution is -0.142. The van der Waals surface area contributed by atoms with Crippen LogP contribution in [-0.2, 0) is 14.3 Å². The Morgan fingerprint density at radius 1 is 1.56 bits per heavy atom. The van der Waals surface area contributed by atoms with E-state index in [1.165, 1.54) is 13.5 Å². The Hall–Kier alpha value is -1.36. The molecule has 0 bridgehead atoms. The molecule has 2 aliphatic rings. The van der Waals surface area contributed by atoms with Gasteiger partial charge in [0.25, 0.3) is 0 Å². The van der Waals surface area contributed by atoms with Crippen LogP contribution in [0.15, 0.2) is 12.4 Å². The lowest BCUT2D eigenvalue weighted by atomic mass is 10.2. The minimum absolute atomic E-state index is 0.0277. The number of hydrogen-bond donors (Lipinski definition) is 0. The number of carbonyl (C=O) groups is 1. The predicted molar refractivity (Wildman–Crippen MR) is 63.9 cm³/mol. The van der Waals surface area contributed by atoms with Crippen LogP contribution in [0, 0.1) is 5.92 Å². The van der Waals surface area contributed by atoms with Gasteiger partial charge in [-0.05, 0) is 31.2 Å². The summed E-state index contributed by atoms with van der Waals surface area (Å²) >= 11 is 0. The van der Waals surface area contributed by atoms with Crippen molar-refractivity contribution >= 4 is 5.97 Å². The highest BCUT2D eigenvalue weighted by molar-refractivity contribution is 5.77. The minimum Gasteiger partial charge on any atom is -0.469 e. The molecule has 2 fully saturated rings. The molecule has 3 rings (SSSR count). The highest BCUT2D eigenvalue weighted by Gasteiger charge is 2.45. The molecule has 2 heterocycles. The first-order valence-corrected chi connectivity index (χ1v) is 6.53.